The molecule has 37 heavy (non-hydrogen) atoms. The van der Waals surface area contributed by atoms with Crippen molar-refractivity contribution < 1.29 is 8.42 Å². The number of aryl methyl sites for hydroxylation is 3. The Morgan fingerprint density at radius 3 is 1.51 bits per heavy atom. The molecule has 0 aliphatic carbocycles. The lowest BCUT2D eigenvalue weighted by molar-refractivity contribution is 0.602. The normalized spacial score (nSPS) is 11.5. The second kappa shape index (κ2) is 9.96. The largest absolute Gasteiger partial charge is 0.300 e. The minimum Gasteiger partial charge on any atom is -0.300 e. The monoisotopic (exact) mass is 524 g/mol. The highest BCUT2D eigenvalue weighted by Crippen LogP contribution is 2.46. The zero-order valence-electron chi connectivity index (χ0n) is 21.3. The number of aromatic nitrogens is 1. The van der Waals surface area contributed by atoms with Crippen LogP contribution in [0.15, 0.2) is 102 Å². The highest BCUT2D eigenvalue weighted by atomic mass is 32.2. The highest BCUT2D eigenvalue weighted by molar-refractivity contribution is 7.90. The first-order valence-electron chi connectivity index (χ1n) is 12.0. The molecule has 0 amide bonds. The maximum Gasteiger partial charge on any atom is 0.175 e. The summed E-state index contributed by atoms with van der Waals surface area (Å²) in [6, 6.07) is 32.4. The van der Waals surface area contributed by atoms with Crippen LogP contribution in [0.4, 0.5) is 16.4 Å². The summed E-state index contributed by atoms with van der Waals surface area (Å²) in [6.45, 7) is 6.25. The van der Waals surface area contributed by atoms with E-state index >= 15 is 0 Å². The minimum absolute atomic E-state index is 0.299. The van der Waals surface area contributed by atoms with Gasteiger partial charge < -0.3 is 4.90 Å². The molecular formula is C31H28N2O2S2. The van der Waals surface area contributed by atoms with Gasteiger partial charge in [-0.25, -0.2) is 13.4 Å². The first kappa shape index (κ1) is 24.9. The molecule has 6 heteroatoms. The highest BCUT2D eigenvalue weighted by Gasteiger charge is 2.23. The van der Waals surface area contributed by atoms with Crippen LogP contribution in [0, 0.1) is 20.8 Å². The van der Waals surface area contributed by atoms with Crippen LogP contribution < -0.4 is 4.90 Å². The Hall–Kier alpha value is -3.74. The molecule has 1 heterocycles. The van der Waals surface area contributed by atoms with Crippen molar-refractivity contribution in [3.8, 4) is 21.8 Å². The van der Waals surface area contributed by atoms with Crippen LogP contribution in [0.2, 0.25) is 0 Å². The van der Waals surface area contributed by atoms with E-state index in [0.717, 1.165) is 38.2 Å². The molecule has 0 bridgehead atoms. The quantitative estimate of drug-likeness (QED) is 0.224. The van der Waals surface area contributed by atoms with Gasteiger partial charge in [0.25, 0.3) is 0 Å². The minimum atomic E-state index is -3.27. The van der Waals surface area contributed by atoms with E-state index in [0.29, 0.717) is 4.90 Å². The van der Waals surface area contributed by atoms with E-state index < -0.39 is 9.84 Å². The molecule has 0 aliphatic heterocycles. The van der Waals surface area contributed by atoms with Crippen molar-refractivity contribution in [3.05, 3.63) is 114 Å². The van der Waals surface area contributed by atoms with Gasteiger partial charge in [-0.3, -0.25) is 0 Å². The number of nitrogens with zero attached hydrogens (tertiary/aromatic N) is 2. The molecule has 0 unspecified atom stereocenters. The molecule has 0 saturated carbocycles. The van der Waals surface area contributed by atoms with Crippen molar-refractivity contribution in [2.24, 2.45) is 0 Å². The molecule has 5 rings (SSSR count). The van der Waals surface area contributed by atoms with E-state index in [4.69, 9.17) is 4.98 Å². The summed E-state index contributed by atoms with van der Waals surface area (Å²) in [5, 5.41) is 1.83. The molecular weight excluding hydrogens is 496 g/mol. The Bertz CT molecular complexity index is 1590. The van der Waals surface area contributed by atoms with Crippen molar-refractivity contribution in [2.45, 2.75) is 25.7 Å². The molecule has 0 N–H and O–H groups in total. The van der Waals surface area contributed by atoms with Crippen LogP contribution in [0.5, 0.6) is 0 Å². The lowest BCUT2D eigenvalue weighted by Crippen LogP contribution is -2.09. The van der Waals surface area contributed by atoms with Gasteiger partial charge in [-0.15, -0.1) is 0 Å². The summed E-state index contributed by atoms with van der Waals surface area (Å²) < 4.78 is 24.0. The second-order valence-electron chi connectivity index (χ2n) is 9.34. The molecule has 5 aromatic rings. The second-order valence-corrected chi connectivity index (χ2v) is 12.3. The van der Waals surface area contributed by atoms with Crippen molar-refractivity contribution in [1.29, 1.82) is 0 Å². The predicted octanol–water partition coefficient (Wildman–Crippen LogP) is 8.28. The van der Waals surface area contributed by atoms with E-state index in [1.54, 1.807) is 23.5 Å². The van der Waals surface area contributed by atoms with E-state index in [1.165, 1.54) is 22.9 Å². The SMILES string of the molecule is Cc1ccc(-c2nc(-c3ccc(S(C)(=O)=O)cc3)sc2N(c2ccc(C)cc2)c2ccc(C)cc2)cc1. The number of rotatable bonds is 6. The Kier molecular flexibility index (Phi) is 6.71. The molecule has 0 atom stereocenters. The first-order valence-corrected chi connectivity index (χ1v) is 14.7. The molecule has 0 aliphatic rings. The number of anilines is 3. The van der Waals surface area contributed by atoms with Gasteiger partial charge in [0, 0.05) is 28.8 Å². The number of benzene rings is 4. The number of hydrogen-bond donors (Lipinski definition) is 0. The molecule has 0 spiro atoms. The van der Waals surface area contributed by atoms with Gasteiger partial charge in [-0.2, -0.15) is 0 Å². The van der Waals surface area contributed by atoms with Crippen LogP contribution in [-0.4, -0.2) is 19.7 Å². The zero-order chi connectivity index (χ0) is 26.2. The maximum absolute atomic E-state index is 12.0. The van der Waals surface area contributed by atoms with Gasteiger partial charge in [-0.05, 0) is 57.2 Å². The standard InChI is InChI=1S/C31H28N2O2S2/c1-21-5-11-24(12-6-21)29-31(36-30(32-29)25-13-19-28(20-14-25)37(4,34)35)33(26-15-7-22(2)8-16-26)27-17-9-23(3)10-18-27/h5-20H,1-4H3. The van der Waals surface area contributed by atoms with Crippen LogP contribution in [0.3, 0.4) is 0 Å². The molecule has 0 radical (unpaired) electrons. The third-order valence-corrected chi connectivity index (χ3v) is 8.47. The van der Waals surface area contributed by atoms with Crippen LogP contribution in [0.1, 0.15) is 16.7 Å². The Balaban J connectivity index is 1.72. The summed E-state index contributed by atoms with van der Waals surface area (Å²) in [6.07, 6.45) is 1.22. The molecule has 1 aromatic heterocycles. The molecule has 0 saturated heterocycles. The Morgan fingerprint density at radius 2 is 1.05 bits per heavy atom. The fourth-order valence-corrected chi connectivity index (χ4v) is 5.87. The fourth-order valence-electron chi connectivity index (χ4n) is 4.10. The third-order valence-electron chi connectivity index (χ3n) is 6.25. The van der Waals surface area contributed by atoms with Crippen molar-refractivity contribution in [2.75, 3.05) is 11.2 Å². The summed E-state index contributed by atoms with van der Waals surface area (Å²) in [4.78, 5) is 7.66. The molecule has 4 aromatic carbocycles. The summed E-state index contributed by atoms with van der Waals surface area (Å²) in [5.74, 6) is 0. The molecule has 186 valence electrons. The van der Waals surface area contributed by atoms with E-state index in [9.17, 15) is 8.42 Å². The van der Waals surface area contributed by atoms with Crippen LogP contribution in [-0.2, 0) is 9.84 Å². The smallest absolute Gasteiger partial charge is 0.175 e. The lowest BCUT2D eigenvalue weighted by atomic mass is 10.1. The summed E-state index contributed by atoms with van der Waals surface area (Å²) in [5.41, 5.74) is 8.46. The van der Waals surface area contributed by atoms with Gasteiger partial charge in [0.2, 0.25) is 0 Å². The average molecular weight is 525 g/mol. The van der Waals surface area contributed by atoms with Crippen LogP contribution >= 0.6 is 11.3 Å². The fraction of sp³-hybridized carbons (Fsp3) is 0.129. The van der Waals surface area contributed by atoms with E-state index in [1.807, 2.05) is 12.1 Å². The number of thiazole rings is 1. The van der Waals surface area contributed by atoms with Gasteiger partial charge in [0.05, 0.1) is 4.90 Å². The summed E-state index contributed by atoms with van der Waals surface area (Å²) in [7, 11) is -3.27. The van der Waals surface area contributed by atoms with Crippen molar-refractivity contribution in [1.82, 2.24) is 4.98 Å². The van der Waals surface area contributed by atoms with Gasteiger partial charge in [0.15, 0.2) is 9.84 Å². The number of hydrogen-bond acceptors (Lipinski definition) is 5. The zero-order valence-corrected chi connectivity index (χ0v) is 22.9. The topological polar surface area (TPSA) is 50.3 Å². The van der Waals surface area contributed by atoms with Gasteiger partial charge in [0.1, 0.15) is 15.7 Å². The number of sulfone groups is 1. The average Bonchev–Trinajstić information content (AvgIpc) is 3.31. The molecule has 4 nitrogen and oxygen atoms in total. The van der Waals surface area contributed by atoms with E-state index in [2.05, 4.69) is 98.5 Å². The van der Waals surface area contributed by atoms with Crippen molar-refractivity contribution >= 4 is 37.5 Å². The Labute approximate surface area is 222 Å². The van der Waals surface area contributed by atoms with Crippen molar-refractivity contribution in [3.63, 3.8) is 0 Å². The van der Waals surface area contributed by atoms with Crippen LogP contribution in [0.25, 0.3) is 21.8 Å². The lowest BCUT2D eigenvalue weighted by Gasteiger charge is -2.25. The summed E-state index contributed by atoms with van der Waals surface area (Å²) >= 11 is 1.60. The third kappa shape index (κ3) is 5.36. The predicted molar refractivity (Wildman–Crippen MR) is 155 cm³/mol. The maximum atomic E-state index is 12.0. The first-order chi connectivity index (χ1) is 17.7. The van der Waals surface area contributed by atoms with Gasteiger partial charge in [-0.1, -0.05) is 88.7 Å². The molecule has 0 fully saturated rings. The van der Waals surface area contributed by atoms with Gasteiger partial charge >= 0.3 is 0 Å². The van der Waals surface area contributed by atoms with E-state index in [-0.39, 0.29) is 0 Å². The Morgan fingerprint density at radius 1 is 0.622 bits per heavy atom.